The Kier molecular flexibility index (Phi) is 5.49. The van der Waals surface area contributed by atoms with Crippen molar-refractivity contribution in [2.75, 3.05) is 17.3 Å². The van der Waals surface area contributed by atoms with Gasteiger partial charge in [0.2, 0.25) is 5.95 Å². The highest BCUT2D eigenvalue weighted by Crippen LogP contribution is 2.26. The zero-order valence-corrected chi connectivity index (χ0v) is 15.8. The first kappa shape index (κ1) is 18.6. The number of aldehydes is 1. The Morgan fingerprint density at radius 2 is 2.00 bits per heavy atom. The predicted molar refractivity (Wildman–Crippen MR) is 108 cm³/mol. The summed E-state index contributed by atoms with van der Waals surface area (Å²) in [6.45, 7) is 8.48. The summed E-state index contributed by atoms with van der Waals surface area (Å²) >= 11 is 0. The average Bonchev–Trinajstić information content (AvgIpc) is 3.10. The Bertz CT molecular complexity index is 926. The Morgan fingerprint density at radius 3 is 2.63 bits per heavy atom. The minimum atomic E-state index is -0.551. The van der Waals surface area contributed by atoms with Crippen LogP contribution in [0.25, 0.3) is 11.2 Å². The van der Waals surface area contributed by atoms with Crippen LogP contribution in [0.1, 0.15) is 25.5 Å². The van der Waals surface area contributed by atoms with Crippen LogP contribution in [-0.2, 0) is 11.3 Å². The van der Waals surface area contributed by atoms with E-state index in [4.69, 9.17) is 0 Å². The van der Waals surface area contributed by atoms with Crippen molar-refractivity contribution in [1.29, 1.82) is 0 Å². The molecule has 0 aliphatic rings. The second-order valence-electron chi connectivity index (χ2n) is 6.67. The highest BCUT2D eigenvalue weighted by Gasteiger charge is 2.18. The summed E-state index contributed by atoms with van der Waals surface area (Å²) in [4.78, 5) is 27.0. The number of hydrogen-bond donors (Lipinski definition) is 1. The van der Waals surface area contributed by atoms with Gasteiger partial charge >= 0.3 is 0 Å². The molecule has 27 heavy (non-hydrogen) atoms. The maximum atomic E-state index is 11.2. The molecule has 2 aromatic heterocycles. The van der Waals surface area contributed by atoms with Gasteiger partial charge in [0.15, 0.2) is 17.0 Å². The first-order chi connectivity index (χ1) is 13.0. The average molecular weight is 364 g/mol. The lowest BCUT2D eigenvalue weighted by atomic mass is 10.2. The molecule has 0 aliphatic heterocycles. The van der Waals surface area contributed by atoms with Gasteiger partial charge in [-0.15, -0.1) is 6.58 Å². The lowest BCUT2D eigenvalue weighted by Gasteiger charge is -2.20. The van der Waals surface area contributed by atoms with E-state index in [0.29, 0.717) is 18.3 Å². The Labute approximate surface area is 158 Å². The van der Waals surface area contributed by atoms with Crippen LogP contribution >= 0.6 is 0 Å². The van der Waals surface area contributed by atoms with Crippen LogP contribution in [-0.4, -0.2) is 38.9 Å². The molecule has 0 aliphatic carbocycles. The summed E-state index contributed by atoms with van der Waals surface area (Å²) in [6.07, 6.45) is 4.07. The maximum absolute atomic E-state index is 11.2. The summed E-state index contributed by atoms with van der Waals surface area (Å²) in [5, 5.41) is 3.01. The van der Waals surface area contributed by atoms with Crippen LogP contribution in [0, 0.1) is 0 Å². The first-order valence-corrected chi connectivity index (χ1v) is 8.87. The number of carbonyl (C=O) groups excluding carboxylic acids is 1. The van der Waals surface area contributed by atoms with Gasteiger partial charge in [-0.25, -0.2) is 4.98 Å². The topological polar surface area (TPSA) is 75.9 Å². The van der Waals surface area contributed by atoms with E-state index >= 15 is 0 Å². The fourth-order valence-electron chi connectivity index (χ4n) is 2.84. The number of anilines is 2. The van der Waals surface area contributed by atoms with Crippen LogP contribution in [0.3, 0.4) is 0 Å². The highest BCUT2D eigenvalue weighted by molar-refractivity contribution is 5.85. The molecule has 1 N–H and O–H groups in total. The minimum absolute atomic E-state index is 0.200. The number of nitrogens with zero attached hydrogens (tertiary/aromatic N) is 5. The SMILES string of the molecule is C=C[C@H](C=O)Nc1nc(N(C)Cc2ccccc2)c2ncn(C(C)C)c2n1. The number of imidazole rings is 1. The van der Waals surface area contributed by atoms with Gasteiger partial charge in [-0.3, -0.25) is 0 Å². The molecule has 0 radical (unpaired) electrons. The molecule has 0 saturated heterocycles. The molecule has 0 unspecified atom stereocenters. The molecule has 0 amide bonds. The van der Waals surface area contributed by atoms with Crippen molar-refractivity contribution in [2.24, 2.45) is 0 Å². The van der Waals surface area contributed by atoms with E-state index in [1.54, 1.807) is 6.33 Å². The van der Waals surface area contributed by atoms with E-state index in [-0.39, 0.29) is 6.04 Å². The first-order valence-electron chi connectivity index (χ1n) is 8.87. The van der Waals surface area contributed by atoms with Crippen molar-refractivity contribution in [1.82, 2.24) is 19.5 Å². The zero-order chi connectivity index (χ0) is 19.4. The molecule has 1 aromatic carbocycles. The number of rotatable bonds is 8. The quantitative estimate of drug-likeness (QED) is 0.489. The van der Waals surface area contributed by atoms with Crippen molar-refractivity contribution in [3.8, 4) is 0 Å². The number of nitrogens with one attached hydrogen (secondary N) is 1. The zero-order valence-electron chi connectivity index (χ0n) is 15.8. The molecule has 7 heteroatoms. The molecule has 7 nitrogen and oxygen atoms in total. The van der Waals surface area contributed by atoms with Crippen LogP contribution < -0.4 is 10.2 Å². The number of carbonyl (C=O) groups is 1. The molecule has 2 heterocycles. The van der Waals surface area contributed by atoms with E-state index in [2.05, 4.69) is 52.8 Å². The van der Waals surface area contributed by atoms with Gasteiger partial charge in [0.25, 0.3) is 0 Å². The second kappa shape index (κ2) is 7.99. The fraction of sp³-hybridized carbons (Fsp3) is 0.300. The molecule has 0 spiro atoms. The third kappa shape index (κ3) is 3.97. The van der Waals surface area contributed by atoms with E-state index in [1.165, 1.54) is 11.6 Å². The van der Waals surface area contributed by atoms with Gasteiger partial charge in [0.05, 0.1) is 6.33 Å². The lowest BCUT2D eigenvalue weighted by molar-refractivity contribution is -0.107. The maximum Gasteiger partial charge on any atom is 0.227 e. The van der Waals surface area contributed by atoms with Crippen LogP contribution in [0.15, 0.2) is 49.3 Å². The van der Waals surface area contributed by atoms with Crippen molar-refractivity contribution >= 4 is 29.2 Å². The molecular weight excluding hydrogens is 340 g/mol. The van der Waals surface area contributed by atoms with Crippen molar-refractivity contribution in [3.05, 3.63) is 54.9 Å². The monoisotopic (exact) mass is 364 g/mol. The van der Waals surface area contributed by atoms with E-state index < -0.39 is 6.04 Å². The Hall–Kier alpha value is -3.22. The Balaban J connectivity index is 2.06. The lowest BCUT2D eigenvalue weighted by Crippen LogP contribution is -2.23. The number of hydrogen-bond acceptors (Lipinski definition) is 6. The fourth-order valence-corrected chi connectivity index (χ4v) is 2.84. The third-order valence-corrected chi connectivity index (χ3v) is 4.28. The van der Waals surface area contributed by atoms with Gasteiger partial charge in [-0.2, -0.15) is 9.97 Å². The molecule has 1 atom stereocenters. The number of aromatic nitrogens is 4. The largest absolute Gasteiger partial charge is 0.353 e. The van der Waals surface area contributed by atoms with Gasteiger partial charge in [-0.1, -0.05) is 36.4 Å². The molecule has 0 fully saturated rings. The number of benzene rings is 1. The standard InChI is InChI=1S/C20H24N6O/c1-5-16(12-27)22-20-23-18(25(4)11-15-9-7-6-8-10-15)17-19(24-20)26(13-21-17)14(2)3/h5-10,12-14,16H,1,11H2,2-4H3,(H,22,23,24)/t16-/m1/s1. The third-order valence-electron chi connectivity index (χ3n) is 4.28. The molecule has 140 valence electrons. The van der Waals surface area contributed by atoms with E-state index in [9.17, 15) is 4.79 Å². The predicted octanol–water partition coefficient (Wildman–Crippen LogP) is 3.21. The van der Waals surface area contributed by atoms with Crippen molar-refractivity contribution < 1.29 is 4.79 Å². The van der Waals surface area contributed by atoms with Crippen molar-refractivity contribution in [2.45, 2.75) is 32.5 Å². The minimum Gasteiger partial charge on any atom is -0.353 e. The van der Waals surface area contributed by atoms with Gasteiger partial charge in [-0.05, 0) is 19.4 Å². The highest BCUT2D eigenvalue weighted by atomic mass is 16.1. The van der Waals surface area contributed by atoms with E-state index in [0.717, 1.165) is 17.5 Å². The van der Waals surface area contributed by atoms with Gasteiger partial charge in [0, 0.05) is 19.6 Å². The number of fused-ring (bicyclic) bond motifs is 1. The molecular formula is C20H24N6O. The van der Waals surface area contributed by atoms with Crippen LogP contribution in [0.2, 0.25) is 0 Å². The summed E-state index contributed by atoms with van der Waals surface area (Å²) in [6, 6.07) is 9.81. The van der Waals surface area contributed by atoms with Crippen molar-refractivity contribution in [3.63, 3.8) is 0 Å². The summed E-state index contributed by atoms with van der Waals surface area (Å²) < 4.78 is 1.99. The van der Waals surface area contributed by atoms with Gasteiger partial charge in [0.1, 0.15) is 12.3 Å². The van der Waals surface area contributed by atoms with Crippen LogP contribution in [0.4, 0.5) is 11.8 Å². The molecule has 3 aromatic rings. The Morgan fingerprint density at radius 1 is 1.26 bits per heavy atom. The molecule has 0 saturated carbocycles. The summed E-state index contributed by atoms with van der Waals surface area (Å²) in [5.41, 5.74) is 2.63. The second-order valence-corrected chi connectivity index (χ2v) is 6.67. The van der Waals surface area contributed by atoms with Gasteiger partial charge < -0.3 is 19.6 Å². The van der Waals surface area contributed by atoms with Crippen LogP contribution in [0.5, 0.6) is 0 Å². The summed E-state index contributed by atoms with van der Waals surface area (Å²) in [5.74, 6) is 1.08. The molecule has 3 rings (SSSR count). The molecule has 0 bridgehead atoms. The normalized spacial score (nSPS) is 12.1. The summed E-state index contributed by atoms with van der Waals surface area (Å²) in [7, 11) is 1.97. The smallest absolute Gasteiger partial charge is 0.227 e. The van der Waals surface area contributed by atoms with E-state index in [1.807, 2.05) is 34.7 Å².